The Balaban J connectivity index is 1.67. The van der Waals surface area contributed by atoms with Crippen molar-refractivity contribution in [1.82, 2.24) is 10.3 Å². The van der Waals surface area contributed by atoms with E-state index in [2.05, 4.69) is 15.6 Å². The van der Waals surface area contributed by atoms with Gasteiger partial charge in [-0.1, -0.05) is 19.3 Å². The predicted molar refractivity (Wildman–Crippen MR) is 133 cm³/mol. The third kappa shape index (κ3) is 4.80. The molecule has 1 aliphatic carbocycles. The lowest BCUT2D eigenvalue weighted by molar-refractivity contribution is -0.123. The average molecular weight is 467 g/mol. The van der Waals surface area contributed by atoms with Crippen molar-refractivity contribution in [1.29, 1.82) is 0 Å². The highest BCUT2D eigenvalue weighted by Gasteiger charge is 2.26. The van der Waals surface area contributed by atoms with E-state index >= 15 is 0 Å². The maximum Gasteiger partial charge on any atom is 0.266 e. The van der Waals surface area contributed by atoms with Gasteiger partial charge < -0.3 is 20.5 Å². The third-order valence-corrected chi connectivity index (χ3v) is 7.22. The molecule has 33 heavy (non-hydrogen) atoms. The van der Waals surface area contributed by atoms with E-state index in [4.69, 9.17) is 0 Å². The van der Waals surface area contributed by atoms with Crippen molar-refractivity contribution in [2.45, 2.75) is 46.0 Å². The summed E-state index contributed by atoms with van der Waals surface area (Å²) in [6, 6.07) is 9.22. The van der Waals surface area contributed by atoms with Gasteiger partial charge in [-0.3, -0.25) is 14.4 Å². The van der Waals surface area contributed by atoms with Crippen LogP contribution in [-0.2, 0) is 4.79 Å². The van der Waals surface area contributed by atoms with Gasteiger partial charge in [-0.05, 0) is 57.0 Å². The summed E-state index contributed by atoms with van der Waals surface area (Å²) in [6.45, 7) is 4.26. The number of hydrogen-bond acceptors (Lipinski definition) is 4. The van der Waals surface area contributed by atoms with E-state index in [0.29, 0.717) is 33.7 Å². The topological polar surface area (TPSA) is 94.3 Å². The van der Waals surface area contributed by atoms with Gasteiger partial charge in [0.25, 0.3) is 11.8 Å². The molecule has 0 radical (unpaired) electrons. The van der Waals surface area contributed by atoms with Gasteiger partial charge in [-0.2, -0.15) is 0 Å². The number of anilines is 2. The van der Waals surface area contributed by atoms with Crippen molar-refractivity contribution >= 4 is 51.5 Å². The monoisotopic (exact) mass is 466 g/mol. The van der Waals surface area contributed by atoms with Crippen molar-refractivity contribution in [3.05, 3.63) is 45.6 Å². The van der Waals surface area contributed by atoms with Crippen LogP contribution in [0.2, 0.25) is 0 Å². The Kier molecular flexibility index (Phi) is 6.83. The minimum absolute atomic E-state index is 0.0677. The lowest BCUT2D eigenvalue weighted by Gasteiger charge is -2.26. The zero-order valence-corrected chi connectivity index (χ0v) is 20.1. The van der Waals surface area contributed by atoms with Crippen LogP contribution in [-0.4, -0.2) is 36.3 Å². The molecule has 0 aliphatic heterocycles. The number of amides is 3. The molecule has 1 fully saturated rings. The summed E-state index contributed by atoms with van der Waals surface area (Å²) in [5.41, 5.74) is 1.84. The molecular formula is C25H30N4O3S. The zero-order chi connectivity index (χ0) is 23.5. The smallest absolute Gasteiger partial charge is 0.266 e. The number of aromatic nitrogens is 1. The number of carbonyl (C=O) groups excluding carboxylic acids is 3. The van der Waals surface area contributed by atoms with E-state index < -0.39 is 0 Å². The third-order valence-electron chi connectivity index (χ3n) is 6.22. The van der Waals surface area contributed by atoms with Crippen LogP contribution in [0.5, 0.6) is 0 Å². The summed E-state index contributed by atoms with van der Waals surface area (Å²) in [5.74, 6) is 0.0189. The number of H-pyrrole nitrogens is 1. The zero-order valence-electron chi connectivity index (χ0n) is 19.3. The molecule has 7 nitrogen and oxygen atoms in total. The summed E-state index contributed by atoms with van der Waals surface area (Å²) in [4.78, 5) is 45.1. The molecule has 0 bridgehead atoms. The van der Waals surface area contributed by atoms with Crippen LogP contribution in [0.4, 0.5) is 11.5 Å². The maximum atomic E-state index is 13.0. The second-order valence-corrected chi connectivity index (χ2v) is 9.85. The Bertz CT molecular complexity index is 1190. The molecule has 174 valence electrons. The number of benzene rings is 1. The first-order chi connectivity index (χ1) is 15.9. The Hall–Kier alpha value is -3.13. The van der Waals surface area contributed by atoms with Gasteiger partial charge in [0.2, 0.25) is 5.91 Å². The van der Waals surface area contributed by atoms with Gasteiger partial charge in [-0.25, -0.2) is 0 Å². The first-order valence-electron chi connectivity index (χ1n) is 11.5. The van der Waals surface area contributed by atoms with E-state index in [1.165, 1.54) is 17.8 Å². The van der Waals surface area contributed by atoms with Gasteiger partial charge in [0.05, 0.1) is 10.4 Å². The Morgan fingerprint density at radius 2 is 1.85 bits per heavy atom. The van der Waals surface area contributed by atoms with Crippen LogP contribution < -0.4 is 15.5 Å². The van der Waals surface area contributed by atoms with Crippen LogP contribution in [0, 0.1) is 12.8 Å². The number of rotatable bonds is 6. The largest absolute Gasteiger partial charge is 0.352 e. The van der Waals surface area contributed by atoms with Crippen LogP contribution in [0.15, 0.2) is 30.3 Å². The Morgan fingerprint density at radius 3 is 2.52 bits per heavy atom. The highest BCUT2D eigenvalue weighted by molar-refractivity contribution is 7.14. The average Bonchev–Trinajstić information content (AvgIpc) is 3.41. The highest BCUT2D eigenvalue weighted by Crippen LogP contribution is 2.32. The number of fused-ring (bicyclic) bond motifs is 1. The SMILES string of the molecule is CCNC(=O)c1c(NC(=O)c2ccc(C)s2)[nH]c2cc(N(C)C(=O)C3CCCCC3)ccc12. The molecule has 1 aliphatic rings. The van der Waals surface area contributed by atoms with Crippen molar-refractivity contribution < 1.29 is 14.4 Å². The molecule has 0 spiro atoms. The van der Waals surface area contributed by atoms with E-state index in [0.717, 1.165) is 36.2 Å². The fourth-order valence-electron chi connectivity index (χ4n) is 4.45. The quantitative estimate of drug-likeness (QED) is 0.473. The van der Waals surface area contributed by atoms with Crippen LogP contribution in [0.1, 0.15) is 63.9 Å². The first-order valence-corrected chi connectivity index (χ1v) is 12.3. The number of hydrogen-bond donors (Lipinski definition) is 3. The summed E-state index contributed by atoms with van der Waals surface area (Å²) < 4.78 is 0. The highest BCUT2D eigenvalue weighted by atomic mass is 32.1. The lowest BCUT2D eigenvalue weighted by Crippen LogP contribution is -2.33. The van der Waals surface area contributed by atoms with Crippen LogP contribution in [0.3, 0.4) is 0 Å². The maximum absolute atomic E-state index is 13.0. The molecule has 2 heterocycles. The van der Waals surface area contributed by atoms with E-state index in [1.54, 1.807) is 18.0 Å². The summed E-state index contributed by atoms with van der Waals surface area (Å²) in [7, 11) is 1.80. The second kappa shape index (κ2) is 9.79. The predicted octanol–water partition coefficient (Wildman–Crippen LogP) is 5.08. The minimum Gasteiger partial charge on any atom is -0.352 e. The number of nitrogens with zero attached hydrogens (tertiary/aromatic N) is 1. The minimum atomic E-state index is -0.268. The summed E-state index contributed by atoms with van der Waals surface area (Å²) in [6.07, 6.45) is 5.27. The second-order valence-electron chi connectivity index (χ2n) is 8.56. The van der Waals surface area contributed by atoms with E-state index in [9.17, 15) is 14.4 Å². The van der Waals surface area contributed by atoms with Gasteiger partial charge in [0.1, 0.15) is 5.82 Å². The van der Waals surface area contributed by atoms with E-state index in [1.807, 2.05) is 38.1 Å². The van der Waals surface area contributed by atoms with Gasteiger partial charge in [0.15, 0.2) is 0 Å². The molecule has 1 saturated carbocycles. The van der Waals surface area contributed by atoms with Crippen molar-refractivity contribution in [2.24, 2.45) is 5.92 Å². The molecule has 0 unspecified atom stereocenters. The molecule has 0 atom stereocenters. The van der Waals surface area contributed by atoms with Gasteiger partial charge >= 0.3 is 0 Å². The number of carbonyl (C=O) groups is 3. The normalized spacial score (nSPS) is 14.3. The number of aromatic amines is 1. The molecule has 2 aromatic heterocycles. The Morgan fingerprint density at radius 1 is 1.09 bits per heavy atom. The fourth-order valence-corrected chi connectivity index (χ4v) is 5.22. The summed E-state index contributed by atoms with van der Waals surface area (Å²) in [5, 5.41) is 6.39. The molecule has 1 aromatic carbocycles. The molecular weight excluding hydrogens is 436 g/mol. The van der Waals surface area contributed by atoms with Gasteiger partial charge in [0, 0.05) is 41.0 Å². The lowest BCUT2D eigenvalue weighted by atomic mass is 9.88. The van der Waals surface area contributed by atoms with E-state index in [-0.39, 0.29) is 23.6 Å². The fraction of sp³-hybridized carbons (Fsp3) is 0.400. The van der Waals surface area contributed by atoms with Crippen molar-refractivity contribution in [3.63, 3.8) is 0 Å². The number of thiophene rings is 1. The van der Waals surface area contributed by atoms with Crippen molar-refractivity contribution in [3.8, 4) is 0 Å². The molecule has 3 N–H and O–H groups in total. The molecule has 3 aromatic rings. The van der Waals surface area contributed by atoms with Crippen molar-refractivity contribution in [2.75, 3.05) is 23.8 Å². The molecule has 4 rings (SSSR count). The van der Waals surface area contributed by atoms with Gasteiger partial charge in [-0.15, -0.1) is 11.3 Å². The molecule has 8 heteroatoms. The van der Waals surface area contributed by atoms with Crippen LogP contribution in [0.25, 0.3) is 10.9 Å². The summed E-state index contributed by atoms with van der Waals surface area (Å²) >= 11 is 1.40. The molecule has 3 amide bonds. The molecule has 0 saturated heterocycles. The Labute approximate surface area is 197 Å². The standard InChI is InChI=1S/C25H30N4O3S/c1-4-26-24(31)21-18-12-11-17(29(3)25(32)16-8-6-5-7-9-16)14-19(18)27-22(21)28-23(30)20-13-10-15(2)33-20/h10-14,16,27H,4-9H2,1-3H3,(H,26,31)(H,28,30). The number of nitrogens with one attached hydrogen (secondary N) is 3. The number of aryl methyl sites for hydroxylation is 1. The van der Waals surface area contributed by atoms with Crippen LogP contribution >= 0.6 is 11.3 Å². The first kappa shape index (κ1) is 23.0.